The fourth-order valence-corrected chi connectivity index (χ4v) is 3.54. The van der Waals surface area contributed by atoms with E-state index in [9.17, 15) is 4.79 Å². The minimum absolute atomic E-state index is 0.0976. The summed E-state index contributed by atoms with van der Waals surface area (Å²) in [6.45, 7) is 5.74. The van der Waals surface area contributed by atoms with E-state index < -0.39 is 0 Å². The molecule has 0 aliphatic heterocycles. The van der Waals surface area contributed by atoms with E-state index in [1.807, 2.05) is 61.7 Å². The van der Waals surface area contributed by atoms with Crippen LogP contribution in [0.5, 0.6) is 5.75 Å². The van der Waals surface area contributed by atoms with Gasteiger partial charge in [-0.1, -0.05) is 5.16 Å². The van der Waals surface area contributed by atoms with Crippen LogP contribution in [-0.2, 0) is 0 Å². The minimum Gasteiger partial charge on any atom is -0.497 e. The predicted octanol–water partition coefficient (Wildman–Crippen LogP) is 4.37. The number of thioether (sulfide) groups is 1. The molecule has 2 heterocycles. The van der Waals surface area contributed by atoms with E-state index in [2.05, 4.69) is 5.16 Å². The summed E-state index contributed by atoms with van der Waals surface area (Å²) in [5, 5.41) is 4.05. The normalized spacial score (nSPS) is 10.9. The molecule has 0 aliphatic rings. The first-order chi connectivity index (χ1) is 12.0. The van der Waals surface area contributed by atoms with Crippen molar-refractivity contribution in [2.75, 3.05) is 12.9 Å². The van der Waals surface area contributed by atoms with Crippen LogP contribution in [0.25, 0.3) is 5.82 Å². The summed E-state index contributed by atoms with van der Waals surface area (Å²) in [5.74, 6) is 2.73. The summed E-state index contributed by atoms with van der Waals surface area (Å²) >= 11 is 1.52. The molecule has 5 nitrogen and oxygen atoms in total. The van der Waals surface area contributed by atoms with Crippen LogP contribution in [0.4, 0.5) is 0 Å². The van der Waals surface area contributed by atoms with Crippen LogP contribution in [0.2, 0.25) is 0 Å². The van der Waals surface area contributed by atoms with E-state index in [4.69, 9.17) is 9.26 Å². The molecule has 25 heavy (non-hydrogen) atoms. The fourth-order valence-electron chi connectivity index (χ4n) is 2.75. The largest absolute Gasteiger partial charge is 0.497 e. The van der Waals surface area contributed by atoms with Crippen LogP contribution in [0, 0.1) is 20.8 Å². The first kappa shape index (κ1) is 17.4. The third-order valence-electron chi connectivity index (χ3n) is 4.01. The van der Waals surface area contributed by atoms with Gasteiger partial charge in [0.2, 0.25) is 0 Å². The molecule has 0 saturated heterocycles. The Morgan fingerprint density at radius 1 is 1.20 bits per heavy atom. The number of ketones is 1. The highest BCUT2D eigenvalue weighted by atomic mass is 32.2. The second-order valence-electron chi connectivity index (χ2n) is 5.80. The molecular weight excluding hydrogens is 336 g/mol. The zero-order valence-electron chi connectivity index (χ0n) is 14.7. The van der Waals surface area contributed by atoms with Crippen LogP contribution in [-0.4, -0.2) is 28.4 Å². The summed E-state index contributed by atoms with van der Waals surface area (Å²) in [7, 11) is 1.64. The van der Waals surface area contributed by atoms with E-state index in [1.165, 1.54) is 11.8 Å². The van der Waals surface area contributed by atoms with Crippen molar-refractivity contribution in [3.63, 3.8) is 0 Å². The highest BCUT2D eigenvalue weighted by Crippen LogP contribution is 2.25. The van der Waals surface area contributed by atoms with Gasteiger partial charge in [0.1, 0.15) is 11.5 Å². The van der Waals surface area contributed by atoms with Gasteiger partial charge in [-0.25, -0.2) is 0 Å². The molecule has 6 heteroatoms. The number of methoxy groups -OCH3 is 1. The van der Waals surface area contributed by atoms with Gasteiger partial charge in [-0.15, -0.1) is 11.8 Å². The number of rotatable bonds is 6. The summed E-state index contributed by atoms with van der Waals surface area (Å²) in [4.78, 5) is 13.7. The van der Waals surface area contributed by atoms with Gasteiger partial charge in [0.25, 0.3) is 0 Å². The zero-order chi connectivity index (χ0) is 18.0. The van der Waals surface area contributed by atoms with Gasteiger partial charge in [-0.2, -0.15) is 0 Å². The Kier molecular flexibility index (Phi) is 4.99. The van der Waals surface area contributed by atoms with Crippen LogP contribution in [0.15, 0.2) is 45.8 Å². The number of Topliss-reactive ketones (excluding diaryl/α,β-unsaturated/α-hetero) is 1. The number of hydrogen-bond acceptors (Lipinski definition) is 5. The molecule has 0 unspecified atom stereocenters. The molecule has 130 valence electrons. The summed E-state index contributed by atoms with van der Waals surface area (Å²) < 4.78 is 12.2. The Balaban J connectivity index is 1.76. The highest BCUT2D eigenvalue weighted by molar-refractivity contribution is 8.00. The molecule has 2 aromatic heterocycles. The Labute approximate surface area is 151 Å². The van der Waals surface area contributed by atoms with E-state index >= 15 is 0 Å². The van der Waals surface area contributed by atoms with Crippen LogP contribution in [0.1, 0.15) is 27.5 Å². The van der Waals surface area contributed by atoms with Gasteiger partial charge in [0.15, 0.2) is 11.6 Å². The van der Waals surface area contributed by atoms with Crippen molar-refractivity contribution in [2.45, 2.75) is 25.7 Å². The molecular formula is C19H20N2O3S. The smallest absolute Gasteiger partial charge is 0.180 e. The van der Waals surface area contributed by atoms with Crippen molar-refractivity contribution in [3.8, 4) is 11.6 Å². The van der Waals surface area contributed by atoms with Gasteiger partial charge >= 0.3 is 0 Å². The second kappa shape index (κ2) is 7.19. The van der Waals surface area contributed by atoms with Gasteiger partial charge < -0.3 is 9.26 Å². The van der Waals surface area contributed by atoms with Crippen molar-refractivity contribution in [1.29, 1.82) is 0 Å². The maximum atomic E-state index is 12.7. The third-order valence-corrected chi connectivity index (χ3v) is 5.02. The average molecular weight is 356 g/mol. The highest BCUT2D eigenvalue weighted by Gasteiger charge is 2.18. The van der Waals surface area contributed by atoms with Crippen LogP contribution >= 0.6 is 11.8 Å². The van der Waals surface area contributed by atoms with Crippen molar-refractivity contribution >= 4 is 17.5 Å². The van der Waals surface area contributed by atoms with E-state index in [1.54, 1.807) is 7.11 Å². The maximum Gasteiger partial charge on any atom is 0.180 e. The zero-order valence-corrected chi connectivity index (χ0v) is 15.5. The number of nitrogens with zero attached hydrogens (tertiary/aromatic N) is 2. The van der Waals surface area contributed by atoms with Crippen LogP contribution in [0.3, 0.4) is 0 Å². The average Bonchev–Trinajstić information content (AvgIpc) is 3.15. The molecule has 0 bridgehead atoms. The van der Waals surface area contributed by atoms with Crippen molar-refractivity contribution in [1.82, 2.24) is 9.72 Å². The first-order valence-electron chi connectivity index (χ1n) is 7.92. The van der Waals surface area contributed by atoms with Gasteiger partial charge in [-0.05, 0) is 51.1 Å². The molecule has 0 aliphatic carbocycles. The van der Waals surface area contributed by atoms with E-state index in [0.29, 0.717) is 11.6 Å². The topological polar surface area (TPSA) is 57.3 Å². The number of aromatic nitrogens is 2. The Morgan fingerprint density at radius 2 is 1.92 bits per heavy atom. The summed E-state index contributed by atoms with van der Waals surface area (Å²) in [6.07, 6.45) is 0. The third kappa shape index (κ3) is 3.64. The molecule has 1 aromatic carbocycles. The Hall–Kier alpha value is -2.47. The SMILES string of the molecule is COc1ccc(SCC(=O)c2cc(C)n(-c3cc(C)on3)c2C)cc1. The fraction of sp³-hybridized carbons (Fsp3) is 0.263. The Morgan fingerprint density at radius 3 is 2.52 bits per heavy atom. The number of carbonyl (C=O) groups excluding carboxylic acids is 1. The van der Waals surface area contributed by atoms with E-state index in [-0.39, 0.29) is 5.78 Å². The lowest BCUT2D eigenvalue weighted by atomic mass is 10.2. The number of hydrogen-bond donors (Lipinski definition) is 0. The molecule has 0 fully saturated rings. The predicted molar refractivity (Wildman–Crippen MR) is 98.1 cm³/mol. The molecule has 3 rings (SSSR count). The molecule has 3 aromatic rings. The van der Waals surface area contributed by atoms with Crippen molar-refractivity contribution in [3.05, 3.63) is 59.1 Å². The standard InChI is InChI=1S/C19H20N2O3S/c1-12-9-17(14(3)21(12)19-10-13(2)24-20-19)18(22)11-25-16-7-5-15(23-4)6-8-16/h5-10H,11H2,1-4H3. The Bertz CT molecular complexity index is 894. The molecule has 0 saturated carbocycles. The number of benzene rings is 1. The maximum absolute atomic E-state index is 12.7. The molecule has 0 spiro atoms. The number of carbonyl (C=O) groups is 1. The number of ether oxygens (including phenoxy) is 1. The minimum atomic E-state index is 0.0976. The quantitative estimate of drug-likeness (QED) is 0.485. The molecule has 0 N–H and O–H groups in total. The molecule has 0 atom stereocenters. The molecule has 0 amide bonds. The summed E-state index contributed by atoms with van der Waals surface area (Å²) in [5.41, 5.74) is 2.56. The van der Waals surface area contributed by atoms with Gasteiger partial charge in [-0.3, -0.25) is 9.36 Å². The lowest BCUT2D eigenvalue weighted by Gasteiger charge is -2.05. The van der Waals surface area contributed by atoms with Gasteiger partial charge in [0.05, 0.1) is 12.9 Å². The first-order valence-corrected chi connectivity index (χ1v) is 8.91. The molecule has 0 radical (unpaired) electrons. The lowest BCUT2D eigenvalue weighted by Crippen LogP contribution is -2.05. The monoisotopic (exact) mass is 356 g/mol. The van der Waals surface area contributed by atoms with Gasteiger partial charge in [0, 0.05) is 27.9 Å². The second-order valence-corrected chi connectivity index (χ2v) is 6.85. The summed E-state index contributed by atoms with van der Waals surface area (Å²) in [6, 6.07) is 11.5. The number of aryl methyl sites for hydroxylation is 2. The van der Waals surface area contributed by atoms with Crippen molar-refractivity contribution < 1.29 is 14.1 Å². The lowest BCUT2D eigenvalue weighted by molar-refractivity contribution is 0.102. The van der Waals surface area contributed by atoms with Crippen LogP contribution < -0.4 is 4.74 Å². The van der Waals surface area contributed by atoms with Crippen molar-refractivity contribution in [2.24, 2.45) is 0 Å². The van der Waals surface area contributed by atoms with E-state index in [0.717, 1.165) is 33.4 Å².